The molecule has 1 N–H and O–H groups in total. The molecular weight excluding hydrogens is 414 g/mol. The molecule has 1 amide bonds. The van der Waals surface area contributed by atoms with E-state index in [1.165, 1.54) is 10.8 Å². The van der Waals surface area contributed by atoms with Gasteiger partial charge in [0.2, 0.25) is 12.7 Å². The Morgan fingerprint density at radius 2 is 1.88 bits per heavy atom. The summed E-state index contributed by atoms with van der Waals surface area (Å²) in [4.78, 5) is 47.1. The molecule has 10 heteroatoms. The molecule has 0 bridgehead atoms. The summed E-state index contributed by atoms with van der Waals surface area (Å²) < 4.78 is 12.9. The standard InChI is InChI=1S/C22H17N5O5/c28-19(25-15-5-6-17-18(9-15)32-13-31-17)12-26-16-4-2-8-24-20(16)21(29)27(22(26)30)11-14-3-1-7-23-10-14/h1-10H,11-13H2,(H,25,28). The first kappa shape index (κ1) is 19.5. The number of pyridine rings is 2. The van der Waals surface area contributed by atoms with Crippen molar-refractivity contribution in [3.63, 3.8) is 0 Å². The minimum absolute atomic E-state index is 0.0157. The first-order chi connectivity index (χ1) is 15.6. The van der Waals surface area contributed by atoms with Gasteiger partial charge in [-0.05, 0) is 35.9 Å². The number of hydrogen-bond donors (Lipinski definition) is 1. The maximum absolute atomic E-state index is 13.2. The molecule has 0 aliphatic carbocycles. The van der Waals surface area contributed by atoms with Crippen molar-refractivity contribution in [2.24, 2.45) is 0 Å². The molecule has 0 saturated heterocycles. The van der Waals surface area contributed by atoms with Crippen LogP contribution in [0.2, 0.25) is 0 Å². The lowest BCUT2D eigenvalue weighted by molar-refractivity contribution is -0.116. The van der Waals surface area contributed by atoms with Crippen molar-refractivity contribution >= 4 is 22.6 Å². The van der Waals surface area contributed by atoms with Gasteiger partial charge in [-0.15, -0.1) is 0 Å². The molecule has 4 aromatic rings. The van der Waals surface area contributed by atoms with Crippen LogP contribution < -0.4 is 26.0 Å². The van der Waals surface area contributed by atoms with Gasteiger partial charge in [0.25, 0.3) is 5.56 Å². The van der Waals surface area contributed by atoms with E-state index < -0.39 is 17.2 Å². The van der Waals surface area contributed by atoms with Gasteiger partial charge in [-0.25, -0.2) is 9.78 Å². The minimum atomic E-state index is -0.611. The van der Waals surface area contributed by atoms with Gasteiger partial charge in [0.05, 0.1) is 12.1 Å². The van der Waals surface area contributed by atoms with Gasteiger partial charge in [0, 0.05) is 30.3 Å². The molecule has 32 heavy (non-hydrogen) atoms. The highest BCUT2D eigenvalue weighted by Crippen LogP contribution is 2.34. The number of rotatable bonds is 5. The van der Waals surface area contributed by atoms with E-state index in [1.54, 1.807) is 54.9 Å². The molecule has 4 heterocycles. The summed E-state index contributed by atoms with van der Waals surface area (Å²) in [6.07, 6.45) is 4.65. The summed E-state index contributed by atoms with van der Waals surface area (Å²) >= 11 is 0. The second kappa shape index (κ2) is 7.99. The van der Waals surface area contributed by atoms with Crippen molar-refractivity contribution < 1.29 is 14.3 Å². The Morgan fingerprint density at radius 1 is 1.03 bits per heavy atom. The SMILES string of the molecule is O=C(Cn1c(=O)n(Cc2cccnc2)c(=O)c2ncccc21)Nc1ccc2c(c1)OCO2. The van der Waals surface area contributed by atoms with E-state index in [2.05, 4.69) is 15.3 Å². The number of nitrogens with zero attached hydrogens (tertiary/aromatic N) is 4. The van der Waals surface area contributed by atoms with E-state index in [1.807, 2.05) is 0 Å². The summed E-state index contributed by atoms with van der Waals surface area (Å²) in [7, 11) is 0. The number of benzene rings is 1. The number of ether oxygens (including phenoxy) is 2. The number of aromatic nitrogens is 4. The molecule has 1 aromatic carbocycles. The third-order valence-corrected chi connectivity index (χ3v) is 5.01. The molecule has 3 aromatic heterocycles. The molecular formula is C22H17N5O5. The molecule has 5 rings (SSSR count). The van der Waals surface area contributed by atoms with Crippen LogP contribution in [0.3, 0.4) is 0 Å². The van der Waals surface area contributed by atoms with Crippen LogP contribution in [-0.2, 0) is 17.9 Å². The average molecular weight is 431 g/mol. The second-order valence-electron chi connectivity index (χ2n) is 7.11. The van der Waals surface area contributed by atoms with Gasteiger partial charge in [-0.2, -0.15) is 0 Å². The normalized spacial score (nSPS) is 12.1. The van der Waals surface area contributed by atoms with Crippen LogP contribution in [0.4, 0.5) is 5.69 Å². The van der Waals surface area contributed by atoms with Crippen LogP contribution in [0.25, 0.3) is 11.0 Å². The van der Waals surface area contributed by atoms with Crippen molar-refractivity contribution in [2.75, 3.05) is 12.1 Å². The Kier molecular flexibility index (Phi) is 4.86. The predicted octanol–water partition coefficient (Wildman–Crippen LogP) is 1.37. The van der Waals surface area contributed by atoms with Gasteiger partial charge < -0.3 is 14.8 Å². The van der Waals surface area contributed by atoms with Crippen LogP contribution in [0.5, 0.6) is 11.5 Å². The predicted molar refractivity (Wildman–Crippen MR) is 115 cm³/mol. The summed E-state index contributed by atoms with van der Waals surface area (Å²) in [6, 6.07) is 11.7. The van der Waals surface area contributed by atoms with Crippen LogP contribution >= 0.6 is 0 Å². The van der Waals surface area contributed by atoms with E-state index in [9.17, 15) is 14.4 Å². The van der Waals surface area contributed by atoms with Gasteiger partial charge in [0.15, 0.2) is 17.0 Å². The third kappa shape index (κ3) is 3.58. The van der Waals surface area contributed by atoms with Gasteiger partial charge >= 0.3 is 5.69 Å². The quantitative estimate of drug-likeness (QED) is 0.507. The van der Waals surface area contributed by atoms with E-state index in [-0.39, 0.29) is 30.9 Å². The molecule has 0 spiro atoms. The Bertz CT molecular complexity index is 1450. The van der Waals surface area contributed by atoms with E-state index in [0.717, 1.165) is 4.57 Å². The van der Waals surface area contributed by atoms with Gasteiger partial charge in [-0.1, -0.05) is 6.07 Å². The smallest absolute Gasteiger partial charge is 0.332 e. The fourth-order valence-corrected chi connectivity index (χ4v) is 3.53. The summed E-state index contributed by atoms with van der Waals surface area (Å²) in [5.74, 6) is 0.682. The van der Waals surface area contributed by atoms with E-state index in [4.69, 9.17) is 9.47 Å². The van der Waals surface area contributed by atoms with Crippen LogP contribution in [-0.4, -0.2) is 31.8 Å². The zero-order valence-electron chi connectivity index (χ0n) is 16.7. The number of amides is 1. The fraction of sp³-hybridized carbons (Fsp3) is 0.136. The first-order valence-electron chi connectivity index (χ1n) is 9.77. The highest BCUT2D eigenvalue weighted by molar-refractivity contribution is 5.91. The van der Waals surface area contributed by atoms with Crippen molar-refractivity contribution in [1.29, 1.82) is 0 Å². The maximum Gasteiger partial charge on any atom is 0.332 e. The average Bonchev–Trinajstić information content (AvgIpc) is 3.28. The summed E-state index contributed by atoms with van der Waals surface area (Å²) in [5, 5.41) is 2.74. The molecule has 1 aliphatic heterocycles. The lowest BCUT2D eigenvalue weighted by Gasteiger charge is -2.14. The van der Waals surface area contributed by atoms with Gasteiger partial charge in [-0.3, -0.25) is 23.7 Å². The zero-order chi connectivity index (χ0) is 22.1. The molecule has 0 atom stereocenters. The van der Waals surface area contributed by atoms with Crippen molar-refractivity contribution in [3.05, 3.63) is 87.5 Å². The number of hydrogen-bond acceptors (Lipinski definition) is 7. The van der Waals surface area contributed by atoms with Gasteiger partial charge in [0.1, 0.15) is 6.54 Å². The Hall–Kier alpha value is -4.47. The van der Waals surface area contributed by atoms with Crippen molar-refractivity contribution in [3.8, 4) is 11.5 Å². The largest absolute Gasteiger partial charge is 0.454 e. The van der Waals surface area contributed by atoms with Crippen LogP contribution in [0.15, 0.2) is 70.6 Å². The number of fused-ring (bicyclic) bond motifs is 2. The molecule has 1 aliphatic rings. The van der Waals surface area contributed by atoms with Crippen LogP contribution in [0.1, 0.15) is 5.56 Å². The van der Waals surface area contributed by atoms with E-state index in [0.29, 0.717) is 22.7 Å². The molecule has 0 radical (unpaired) electrons. The highest BCUT2D eigenvalue weighted by Gasteiger charge is 2.18. The molecule has 0 fully saturated rings. The fourth-order valence-electron chi connectivity index (χ4n) is 3.53. The molecule has 0 unspecified atom stereocenters. The number of carbonyl (C=O) groups excluding carboxylic acids is 1. The number of nitrogens with one attached hydrogen (secondary N) is 1. The lowest BCUT2D eigenvalue weighted by atomic mass is 10.2. The maximum atomic E-state index is 13.2. The Labute approximate surface area is 180 Å². The highest BCUT2D eigenvalue weighted by atomic mass is 16.7. The Balaban J connectivity index is 1.50. The Morgan fingerprint density at radius 3 is 2.72 bits per heavy atom. The monoisotopic (exact) mass is 431 g/mol. The topological polar surface area (TPSA) is 117 Å². The summed E-state index contributed by atoms with van der Waals surface area (Å²) in [5.41, 5.74) is 0.427. The minimum Gasteiger partial charge on any atom is -0.454 e. The van der Waals surface area contributed by atoms with Crippen molar-refractivity contribution in [2.45, 2.75) is 13.1 Å². The lowest BCUT2D eigenvalue weighted by Crippen LogP contribution is -2.42. The van der Waals surface area contributed by atoms with Crippen LogP contribution in [0, 0.1) is 0 Å². The molecule has 0 saturated carbocycles. The van der Waals surface area contributed by atoms with E-state index >= 15 is 0 Å². The van der Waals surface area contributed by atoms with Crippen molar-refractivity contribution in [1.82, 2.24) is 19.1 Å². The second-order valence-corrected chi connectivity index (χ2v) is 7.11. The number of carbonyl (C=O) groups is 1. The zero-order valence-corrected chi connectivity index (χ0v) is 16.7. The molecule has 160 valence electrons. The first-order valence-corrected chi connectivity index (χ1v) is 9.77. The third-order valence-electron chi connectivity index (χ3n) is 5.01. The molecule has 10 nitrogen and oxygen atoms in total. The summed E-state index contributed by atoms with van der Waals surface area (Å²) in [6.45, 7) is -0.163. The number of anilines is 1.